The summed E-state index contributed by atoms with van der Waals surface area (Å²) in [6.07, 6.45) is 2.71. The van der Waals surface area contributed by atoms with E-state index in [1.165, 1.54) is 5.56 Å². The Morgan fingerprint density at radius 3 is 2.14 bits per heavy atom. The van der Waals surface area contributed by atoms with Gasteiger partial charge in [-0.05, 0) is 49.1 Å². The van der Waals surface area contributed by atoms with E-state index in [4.69, 9.17) is 0 Å². The van der Waals surface area contributed by atoms with Crippen LogP contribution in [-0.2, 0) is 11.2 Å². The van der Waals surface area contributed by atoms with Crippen LogP contribution < -0.4 is 10.6 Å². The van der Waals surface area contributed by atoms with Gasteiger partial charge in [0.25, 0.3) is 5.91 Å². The van der Waals surface area contributed by atoms with E-state index >= 15 is 0 Å². The fraction of sp³-hybridized carbons (Fsp3) is 0.391. The molecule has 0 heterocycles. The lowest BCUT2D eigenvalue weighted by molar-refractivity contribution is -0.119. The first-order valence-corrected chi connectivity index (χ1v) is 10.1. The summed E-state index contributed by atoms with van der Waals surface area (Å²) in [6, 6.07) is 17.4. The number of nitrogens with zero attached hydrogens (tertiary/aromatic N) is 1. The summed E-state index contributed by atoms with van der Waals surface area (Å²) in [4.78, 5) is 26.5. The summed E-state index contributed by atoms with van der Waals surface area (Å²) in [5.41, 5.74) is 2.71. The molecular weight excluding hydrogens is 350 g/mol. The molecule has 2 rings (SSSR count). The summed E-state index contributed by atoms with van der Waals surface area (Å²) in [7, 11) is 0. The van der Waals surface area contributed by atoms with Crippen LogP contribution in [0.5, 0.6) is 0 Å². The van der Waals surface area contributed by atoms with Gasteiger partial charge in [-0.15, -0.1) is 0 Å². The average molecular weight is 382 g/mol. The Morgan fingerprint density at radius 1 is 0.893 bits per heavy atom. The average Bonchev–Trinajstić information content (AvgIpc) is 2.73. The maximum atomic E-state index is 12.6. The minimum Gasteiger partial charge on any atom is -0.376 e. The summed E-state index contributed by atoms with van der Waals surface area (Å²) < 4.78 is 0. The van der Waals surface area contributed by atoms with Crippen LogP contribution in [0, 0.1) is 0 Å². The van der Waals surface area contributed by atoms with Gasteiger partial charge in [-0.25, -0.2) is 0 Å². The summed E-state index contributed by atoms with van der Waals surface area (Å²) in [5.74, 6) is 0.0158. The van der Waals surface area contributed by atoms with E-state index in [2.05, 4.69) is 36.6 Å². The lowest BCUT2D eigenvalue weighted by Crippen LogP contribution is -2.32. The maximum absolute atomic E-state index is 12.6. The van der Waals surface area contributed by atoms with E-state index < -0.39 is 0 Å². The van der Waals surface area contributed by atoms with Crippen LogP contribution in [0.25, 0.3) is 0 Å². The minimum absolute atomic E-state index is 0.0480. The standard InChI is InChI=1S/C23H31N3O2/c1-3-16-26(17-4-2)23(28)20-10-12-21(13-11-20)25-18-22(27)24-15-14-19-8-6-5-7-9-19/h5-13,25H,3-4,14-18H2,1-2H3,(H,24,27). The van der Waals surface area contributed by atoms with E-state index in [1.54, 1.807) is 0 Å². The van der Waals surface area contributed by atoms with Crippen LogP contribution in [0.4, 0.5) is 5.69 Å². The smallest absolute Gasteiger partial charge is 0.253 e. The Kier molecular flexibility index (Phi) is 9.05. The molecular formula is C23H31N3O2. The molecule has 0 atom stereocenters. The van der Waals surface area contributed by atoms with Crippen LogP contribution in [-0.4, -0.2) is 42.9 Å². The van der Waals surface area contributed by atoms with Crippen LogP contribution in [0.1, 0.15) is 42.6 Å². The maximum Gasteiger partial charge on any atom is 0.253 e. The van der Waals surface area contributed by atoms with Crippen molar-refractivity contribution in [3.63, 3.8) is 0 Å². The number of hydrogen-bond acceptors (Lipinski definition) is 3. The van der Waals surface area contributed by atoms with Gasteiger partial charge in [0.1, 0.15) is 0 Å². The van der Waals surface area contributed by atoms with Crippen LogP contribution in [0.15, 0.2) is 54.6 Å². The number of hydrogen-bond donors (Lipinski definition) is 2. The second-order valence-electron chi connectivity index (χ2n) is 6.81. The minimum atomic E-state index is -0.0480. The Labute approximate surface area is 168 Å². The highest BCUT2D eigenvalue weighted by Gasteiger charge is 2.14. The highest BCUT2D eigenvalue weighted by atomic mass is 16.2. The van der Waals surface area contributed by atoms with E-state index in [1.807, 2.05) is 47.4 Å². The Hall–Kier alpha value is -2.82. The van der Waals surface area contributed by atoms with E-state index in [9.17, 15) is 9.59 Å². The second-order valence-corrected chi connectivity index (χ2v) is 6.81. The third-order valence-electron chi connectivity index (χ3n) is 4.44. The second kappa shape index (κ2) is 11.8. The van der Waals surface area contributed by atoms with Gasteiger partial charge in [0, 0.05) is 30.9 Å². The number of amides is 2. The van der Waals surface area contributed by atoms with Crippen molar-refractivity contribution < 1.29 is 9.59 Å². The highest BCUT2D eigenvalue weighted by Crippen LogP contribution is 2.12. The van der Waals surface area contributed by atoms with Crippen LogP contribution >= 0.6 is 0 Å². The molecule has 0 aliphatic heterocycles. The van der Waals surface area contributed by atoms with Crippen molar-refractivity contribution in [3.05, 3.63) is 65.7 Å². The SMILES string of the molecule is CCCN(CCC)C(=O)c1ccc(NCC(=O)NCCc2ccccc2)cc1. The monoisotopic (exact) mass is 381 g/mol. The molecule has 2 N–H and O–H groups in total. The first kappa shape index (κ1) is 21.5. The van der Waals surface area contributed by atoms with Crippen molar-refractivity contribution in [2.45, 2.75) is 33.1 Å². The van der Waals surface area contributed by atoms with Gasteiger partial charge in [-0.2, -0.15) is 0 Å². The predicted octanol–water partition coefficient (Wildman–Crippen LogP) is 3.72. The molecule has 2 aromatic carbocycles. The van der Waals surface area contributed by atoms with Crippen molar-refractivity contribution in [1.29, 1.82) is 0 Å². The van der Waals surface area contributed by atoms with Gasteiger partial charge in [-0.3, -0.25) is 9.59 Å². The Bertz CT molecular complexity index is 723. The first-order valence-electron chi connectivity index (χ1n) is 10.1. The zero-order valence-electron chi connectivity index (χ0n) is 16.9. The largest absolute Gasteiger partial charge is 0.376 e. The van der Waals surface area contributed by atoms with E-state index in [0.29, 0.717) is 12.1 Å². The topological polar surface area (TPSA) is 61.4 Å². The number of carbonyl (C=O) groups is 2. The van der Waals surface area contributed by atoms with Gasteiger partial charge in [0.2, 0.25) is 5.91 Å². The quantitative estimate of drug-likeness (QED) is 0.624. The molecule has 0 spiro atoms. The highest BCUT2D eigenvalue weighted by molar-refractivity contribution is 5.94. The number of carbonyl (C=O) groups excluding carboxylic acids is 2. The van der Waals surface area contributed by atoms with Crippen molar-refractivity contribution >= 4 is 17.5 Å². The fourth-order valence-corrected chi connectivity index (χ4v) is 3.00. The van der Waals surface area contributed by atoms with Crippen LogP contribution in [0.3, 0.4) is 0 Å². The molecule has 0 saturated heterocycles. The molecule has 2 amide bonds. The van der Waals surface area contributed by atoms with E-state index in [0.717, 1.165) is 38.0 Å². The molecule has 0 saturated carbocycles. The lowest BCUT2D eigenvalue weighted by Gasteiger charge is -2.21. The Morgan fingerprint density at radius 2 is 1.54 bits per heavy atom. The molecule has 150 valence electrons. The van der Waals surface area contributed by atoms with Gasteiger partial charge in [0.15, 0.2) is 0 Å². The van der Waals surface area contributed by atoms with Crippen molar-refractivity contribution in [2.24, 2.45) is 0 Å². The molecule has 0 radical (unpaired) electrons. The van der Waals surface area contributed by atoms with E-state index in [-0.39, 0.29) is 18.4 Å². The first-order chi connectivity index (χ1) is 13.6. The summed E-state index contributed by atoms with van der Waals surface area (Å²) >= 11 is 0. The molecule has 0 bridgehead atoms. The number of rotatable bonds is 11. The summed E-state index contributed by atoms with van der Waals surface area (Å²) in [5, 5.41) is 6.01. The molecule has 28 heavy (non-hydrogen) atoms. The number of benzene rings is 2. The predicted molar refractivity (Wildman–Crippen MR) is 115 cm³/mol. The van der Waals surface area contributed by atoms with Gasteiger partial charge in [-0.1, -0.05) is 44.2 Å². The van der Waals surface area contributed by atoms with Crippen molar-refractivity contribution in [3.8, 4) is 0 Å². The normalized spacial score (nSPS) is 10.4. The molecule has 0 aromatic heterocycles. The summed E-state index contributed by atoms with van der Waals surface area (Å²) in [6.45, 7) is 6.52. The number of nitrogens with one attached hydrogen (secondary N) is 2. The third kappa shape index (κ3) is 7.06. The van der Waals surface area contributed by atoms with Crippen molar-refractivity contribution in [2.75, 3.05) is 31.5 Å². The Balaban J connectivity index is 1.77. The molecule has 0 unspecified atom stereocenters. The van der Waals surface area contributed by atoms with Gasteiger partial charge < -0.3 is 15.5 Å². The van der Waals surface area contributed by atoms with Crippen molar-refractivity contribution in [1.82, 2.24) is 10.2 Å². The molecule has 5 heteroatoms. The van der Waals surface area contributed by atoms with Gasteiger partial charge >= 0.3 is 0 Å². The molecule has 5 nitrogen and oxygen atoms in total. The zero-order chi connectivity index (χ0) is 20.2. The fourth-order valence-electron chi connectivity index (χ4n) is 3.00. The molecule has 0 aliphatic carbocycles. The molecule has 0 fully saturated rings. The lowest BCUT2D eigenvalue weighted by atomic mass is 10.1. The molecule has 0 aliphatic rings. The van der Waals surface area contributed by atoms with Gasteiger partial charge in [0.05, 0.1) is 6.54 Å². The van der Waals surface area contributed by atoms with Crippen LogP contribution in [0.2, 0.25) is 0 Å². The number of anilines is 1. The zero-order valence-corrected chi connectivity index (χ0v) is 16.9. The molecule has 2 aromatic rings. The third-order valence-corrected chi connectivity index (χ3v) is 4.44.